The van der Waals surface area contributed by atoms with E-state index >= 15 is 0 Å². The van der Waals surface area contributed by atoms with Crippen LogP contribution in [0.2, 0.25) is 0 Å². The zero-order valence-corrected chi connectivity index (χ0v) is 13.0. The minimum absolute atomic E-state index is 0.0829. The van der Waals surface area contributed by atoms with Crippen molar-refractivity contribution in [2.24, 2.45) is 5.92 Å². The van der Waals surface area contributed by atoms with Crippen molar-refractivity contribution in [2.75, 3.05) is 18.0 Å². The fourth-order valence-electron chi connectivity index (χ4n) is 3.17. The van der Waals surface area contributed by atoms with E-state index in [2.05, 4.69) is 37.1 Å². The van der Waals surface area contributed by atoms with Gasteiger partial charge in [0.1, 0.15) is 5.82 Å². The van der Waals surface area contributed by atoms with Gasteiger partial charge < -0.3 is 10.2 Å². The Morgan fingerprint density at radius 2 is 2.20 bits per heavy atom. The van der Waals surface area contributed by atoms with Crippen molar-refractivity contribution in [2.45, 2.75) is 52.6 Å². The minimum atomic E-state index is -0.0829. The third-order valence-electron chi connectivity index (χ3n) is 4.20. The molecule has 0 bridgehead atoms. The molecule has 1 aromatic rings. The summed E-state index contributed by atoms with van der Waals surface area (Å²) < 4.78 is 14.2. The lowest BCUT2D eigenvalue weighted by Gasteiger charge is -2.31. The second-order valence-corrected chi connectivity index (χ2v) is 6.06. The first-order valence-corrected chi connectivity index (χ1v) is 7.90. The Morgan fingerprint density at radius 1 is 1.40 bits per heavy atom. The lowest BCUT2D eigenvalue weighted by molar-refractivity contribution is 0.489. The Balaban J connectivity index is 2.23. The van der Waals surface area contributed by atoms with E-state index in [1.165, 1.54) is 12.8 Å². The van der Waals surface area contributed by atoms with E-state index in [0.717, 1.165) is 30.8 Å². The number of halogens is 1. The molecule has 0 aliphatic carbocycles. The number of nitrogens with one attached hydrogen (secondary N) is 1. The van der Waals surface area contributed by atoms with Crippen molar-refractivity contribution in [3.63, 3.8) is 0 Å². The highest BCUT2D eigenvalue weighted by Gasteiger charge is 2.29. The largest absolute Gasteiger partial charge is 0.368 e. The summed E-state index contributed by atoms with van der Waals surface area (Å²) in [7, 11) is 0. The van der Waals surface area contributed by atoms with Crippen LogP contribution < -0.4 is 10.2 Å². The molecule has 0 aromatic heterocycles. The maximum atomic E-state index is 14.2. The number of hydrogen-bond acceptors (Lipinski definition) is 2. The summed E-state index contributed by atoms with van der Waals surface area (Å²) in [6.07, 6.45) is 3.50. The standard InChI is InChI=1S/C17H27FN2/c1-4-10-19-12-14-15(18)7-5-8-17(14)20-11-6-9-16(20)13(2)3/h5,7-8,13,16,19H,4,6,9-12H2,1-3H3. The quantitative estimate of drug-likeness (QED) is 0.793. The van der Waals surface area contributed by atoms with Crippen molar-refractivity contribution >= 4 is 5.69 Å². The molecule has 112 valence electrons. The molecule has 1 saturated heterocycles. The zero-order chi connectivity index (χ0) is 14.5. The van der Waals surface area contributed by atoms with Gasteiger partial charge in [0.05, 0.1) is 0 Å². The van der Waals surface area contributed by atoms with Gasteiger partial charge in [0.2, 0.25) is 0 Å². The predicted molar refractivity (Wildman–Crippen MR) is 83.6 cm³/mol. The van der Waals surface area contributed by atoms with E-state index in [9.17, 15) is 4.39 Å². The van der Waals surface area contributed by atoms with Crippen LogP contribution in [0.3, 0.4) is 0 Å². The maximum absolute atomic E-state index is 14.2. The highest BCUT2D eigenvalue weighted by molar-refractivity contribution is 5.56. The average molecular weight is 278 g/mol. The van der Waals surface area contributed by atoms with Gasteiger partial charge >= 0.3 is 0 Å². The van der Waals surface area contributed by atoms with Crippen molar-refractivity contribution < 1.29 is 4.39 Å². The molecule has 1 heterocycles. The molecule has 0 radical (unpaired) electrons. The number of benzene rings is 1. The monoisotopic (exact) mass is 278 g/mol. The number of rotatable bonds is 6. The normalized spacial score (nSPS) is 19.1. The van der Waals surface area contributed by atoms with Crippen molar-refractivity contribution in [3.8, 4) is 0 Å². The summed E-state index contributed by atoms with van der Waals surface area (Å²) in [5, 5.41) is 3.33. The summed E-state index contributed by atoms with van der Waals surface area (Å²) in [6, 6.07) is 6.03. The molecule has 1 atom stereocenters. The van der Waals surface area contributed by atoms with Gasteiger partial charge in [-0.2, -0.15) is 0 Å². The summed E-state index contributed by atoms with van der Waals surface area (Å²) >= 11 is 0. The third kappa shape index (κ3) is 3.32. The van der Waals surface area contributed by atoms with E-state index in [1.807, 2.05) is 6.07 Å². The van der Waals surface area contributed by atoms with Gasteiger partial charge in [0, 0.05) is 30.4 Å². The fourth-order valence-corrected chi connectivity index (χ4v) is 3.17. The summed E-state index contributed by atoms with van der Waals surface area (Å²) in [4.78, 5) is 2.41. The Kier molecular flexibility index (Phi) is 5.41. The summed E-state index contributed by atoms with van der Waals surface area (Å²) in [5.74, 6) is 0.526. The molecule has 1 aromatic carbocycles. The highest BCUT2D eigenvalue weighted by Crippen LogP contribution is 2.33. The molecule has 1 fully saturated rings. The van der Waals surface area contributed by atoms with Crippen LogP contribution in [0.4, 0.5) is 10.1 Å². The van der Waals surface area contributed by atoms with Crippen molar-refractivity contribution in [1.29, 1.82) is 0 Å². The van der Waals surface area contributed by atoms with Gasteiger partial charge in [-0.3, -0.25) is 0 Å². The molecule has 1 aliphatic heterocycles. The van der Waals surface area contributed by atoms with E-state index in [1.54, 1.807) is 6.07 Å². The van der Waals surface area contributed by atoms with E-state index in [4.69, 9.17) is 0 Å². The predicted octanol–water partition coefficient (Wildman–Crippen LogP) is 3.95. The maximum Gasteiger partial charge on any atom is 0.129 e. The first kappa shape index (κ1) is 15.3. The SMILES string of the molecule is CCCNCc1c(F)cccc1N1CCCC1C(C)C. The smallest absolute Gasteiger partial charge is 0.129 e. The molecule has 1 N–H and O–H groups in total. The van der Waals surface area contributed by atoms with E-state index in [0.29, 0.717) is 18.5 Å². The molecular weight excluding hydrogens is 251 g/mol. The fraction of sp³-hybridized carbons (Fsp3) is 0.647. The molecule has 20 heavy (non-hydrogen) atoms. The molecule has 0 saturated carbocycles. The van der Waals surface area contributed by atoms with Gasteiger partial charge in [0.25, 0.3) is 0 Å². The van der Waals surface area contributed by atoms with Gasteiger partial charge in [-0.15, -0.1) is 0 Å². The van der Waals surface area contributed by atoms with Crippen LogP contribution in [0.5, 0.6) is 0 Å². The summed E-state index contributed by atoms with van der Waals surface area (Å²) in [5.41, 5.74) is 1.92. The minimum Gasteiger partial charge on any atom is -0.368 e. The van der Waals surface area contributed by atoms with Crippen LogP contribution >= 0.6 is 0 Å². The van der Waals surface area contributed by atoms with Crippen molar-refractivity contribution in [3.05, 3.63) is 29.6 Å². The van der Waals surface area contributed by atoms with Crippen LogP contribution in [0, 0.1) is 11.7 Å². The van der Waals surface area contributed by atoms with E-state index < -0.39 is 0 Å². The second kappa shape index (κ2) is 7.07. The van der Waals surface area contributed by atoms with Crippen LogP contribution in [0.25, 0.3) is 0 Å². The molecule has 1 unspecified atom stereocenters. The highest BCUT2D eigenvalue weighted by atomic mass is 19.1. The average Bonchev–Trinajstić information content (AvgIpc) is 2.90. The molecule has 1 aliphatic rings. The third-order valence-corrected chi connectivity index (χ3v) is 4.20. The Labute approximate surface area is 122 Å². The molecule has 2 rings (SSSR count). The second-order valence-electron chi connectivity index (χ2n) is 6.06. The lowest BCUT2D eigenvalue weighted by Crippen LogP contribution is -2.34. The number of anilines is 1. The van der Waals surface area contributed by atoms with Gasteiger partial charge in [-0.05, 0) is 43.9 Å². The molecule has 2 nitrogen and oxygen atoms in total. The Hall–Kier alpha value is -1.09. The first-order valence-electron chi connectivity index (χ1n) is 7.90. The molecule has 0 amide bonds. The molecule has 0 spiro atoms. The molecule has 3 heteroatoms. The zero-order valence-electron chi connectivity index (χ0n) is 13.0. The van der Waals surface area contributed by atoms with Gasteiger partial charge in [-0.25, -0.2) is 4.39 Å². The Bertz CT molecular complexity index is 431. The topological polar surface area (TPSA) is 15.3 Å². The van der Waals surface area contributed by atoms with Gasteiger partial charge in [-0.1, -0.05) is 26.8 Å². The van der Waals surface area contributed by atoms with Gasteiger partial charge in [0.15, 0.2) is 0 Å². The van der Waals surface area contributed by atoms with Crippen LogP contribution in [0.15, 0.2) is 18.2 Å². The Morgan fingerprint density at radius 3 is 2.90 bits per heavy atom. The number of nitrogens with zero attached hydrogens (tertiary/aromatic N) is 1. The number of hydrogen-bond donors (Lipinski definition) is 1. The van der Waals surface area contributed by atoms with Crippen LogP contribution in [-0.4, -0.2) is 19.1 Å². The van der Waals surface area contributed by atoms with Crippen LogP contribution in [0.1, 0.15) is 45.6 Å². The van der Waals surface area contributed by atoms with Crippen LogP contribution in [-0.2, 0) is 6.54 Å². The van der Waals surface area contributed by atoms with E-state index in [-0.39, 0.29) is 5.82 Å². The molecular formula is C17H27FN2. The van der Waals surface area contributed by atoms with Crippen molar-refractivity contribution in [1.82, 2.24) is 5.32 Å². The first-order chi connectivity index (χ1) is 9.65. The summed E-state index contributed by atoms with van der Waals surface area (Å²) in [6.45, 7) is 9.25. The lowest BCUT2D eigenvalue weighted by atomic mass is 10.0.